The van der Waals surface area contributed by atoms with Crippen molar-refractivity contribution in [3.05, 3.63) is 41.5 Å². The number of Topliss-reactive ketones (excluding diaryl/α,β-unsaturated/α-hetero) is 1. The molecule has 314 valence electrons. The van der Waals surface area contributed by atoms with Crippen LogP contribution in [-0.4, -0.2) is 117 Å². The Hall–Kier alpha value is -4.25. The second-order valence-corrected chi connectivity index (χ2v) is 18.1. The number of nitrogens with one attached hydrogen (secondary N) is 1. The summed E-state index contributed by atoms with van der Waals surface area (Å²) in [5.74, 6) is -4.06. The lowest BCUT2D eigenvalue weighted by Gasteiger charge is -2.67. The summed E-state index contributed by atoms with van der Waals surface area (Å²) in [5.41, 5.74) is -8.01. The SMILES string of the molecule is CC(=O)O[C@@]12COC1C[C@H](O)[C@@]1(C)C(=O)[C@H](O)C3=C(C)[C@@H](OC(=O)[C@H](O)[C@H](CC(C)C)NC(=O)OC(C)(C)C)[C@@H]4OC(=O)O[C@]4([C@@H](Oc4ccccc4)C21)C3(C)C. The Kier molecular flexibility index (Phi) is 10.8. The van der Waals surface area contributed by atoms with Gasteiger partial charge in [0.1, 0.15) is 23.6 Å². The molecule has 1 aromatic carbocycles. The normalized spacial score (nSPS) is 36.4. The third-order valence-electron chi connectivity index (χ3n) is 12.4. The van der Waals surface area contributed by atoms with Gasteiger partial charge in [-0.1, -0.05) is 45.9 Å². The number of fused-ring (bicyclic) bond motifs is 4. The van der Waals surface area contributed by atoms with Gasteiger partial charge in [-0.05, 0) is 70.2 Å². The van der Waals surface area contributed by atoms with E-state index in [2.05, 4.69) is 5.32 Å². The second-order valence-electron chi connectivity index (χ2n) is 18.1. The molecule has 3 aliphatic carbocycles. The number of ketones is 1. The van der Waals surface area contributed by atoms with Crippen molar-refractivity contribution in [3.8, 4) is 5.75 Å². The molecule has 0 aromatic heterocycles. The lowest BCUT2D eigenvalue weighted by atomic mass is 9.44. The zero-order chi connectivity index (χ0) is 42.2. The van der Waals surface area contributed by atoms with Crippen LogP contribution in [0.1, 0.15) is 82.1 Å². The molecule has 2 heterocycles. The minimum absolute atomic E-state index is 0.00186. The number of hydrogen-bond donors (Lipinski definition) is 4. The third-order valence-corrected chi connectivity index (χ3v) is 12.4. The van der Waals surface area contributed by atoms with Crippen molar-refractivity contribution in [1.29, 1.82) is 0 Å². The molecule has 1 spiro atoms. The van der Waals surface area contributed by atoms with Crippen LogP contribution in [0.5, 0.6) is 5.75 Å². The van der Waals surface area contributed by atoms with Gasteiger partial charge >= 0.3 is 24.2 Å². The van der Waals surface area contributed by atoms with Gasteiger partial charge in [-0.15, -0.1) is 0 Å². The predicted octanol–water partition coefficient (Wildman–Crippen LogP) is 3.31. The molecule has 4 fully saturated rings. The van der Waals surface area contributed by atoms with Gasteiger partial charge in [0.05, 0.1) is 30.1 Å². The Balaban J connectivity index is 1.55. The van der Waals surface area contributed by atoms with Crippen LogP contribution in [0.15, 0.2) is 41.5 Å². The first-order valence-corrected chi connectivity index (χ1v) is 19.3. The summed E-state index contributed by atoms with van der Waals surface area (Å²) in [6.07, 6.45) is -13.2. The number of alkyl carbamates (subject to hydrolysis) is 1. The van der Waals surface area contributed by atoms with Crippen molar-refractivity contribution in [3.63, 3.8) is 0 Å². The molecule has 16 nitrogen and oxygen atoms in total. The summed E-state index contributed by atoms with van der Waals surface area (Å²) >= 11 is 0. The van der Waals surface area contributed by atoms with Crippen LogP contribution < -0.4 is 10.1 Å². The standard InChI is InChI=1S/C41H55NO15/c1-19(2)16-23(42-35(49)56-37(5,6)7)27(45)34(48)53-29-20(3)26-28(46)31(47)39(10)24(44)17-25-40(18-51-25,55-21(4)43)30(39)33(52-22-14-12-11-13-15-22)41(38(26,8)9)32(29)54-36(50)57-41/h11-15,19,23-25,27-30,32-33,44-46H,16-18H2,1-10H3,(H,42,49)/t23-,24-,25?,27+,28+,29+,30?,32-,33-,39+,40-,41+/m0/s1. The number of aliphatic hydroxyl groups is 3. The van der Waals surface area contributed by atoms with Crippen LogP contribution >= 0.6 is 0 Å². The Morgan fingerprint density at radius 3 is 2.26 bits per heavy atom. The molecule has 2 aliphatic heterocycles. The molecular formula is C41H55NO15. The minimum atomic E-state index is -2.10. The van der Waals surface area contributed by atoms with Crippen LogP contribution in [0.4, 0.5) is 9.59 Å². The minimum Gasteiger partial charge on any atom is -0.486 e. The number of esters is 2. The lowest BCUT2D eigenvalue weighted by Crippen LogP contribution is -2.83. The van der Waals surface area contributed by atoms with Crippen LogP contribution in [0.2, 0.25) is 0 Å². The fraction of sp³-hybridized carbons (Fsp3) is 0.683. The Labute approximate surface area is 331 Å². The number of hydrogen-bond acceptors (Lipinski definition) is 15. The maximum atomic E-state index is 15.1. The van der Waals surface area contributed by atoms with E-state index in [9.17, 15) is 34.5 Å². The van der Waals surface area contributed by atoms with Crippen molar-refractivity contribution in [1.82, 2.24) is 5.32 Å². The number of benzene rings is 1. The number of rotatable bonds is 9. The van der Waals surface area contributed by atoms with Crippen LogP contribution in [0, 0.1) is 22.7 Å². The van der Waals surface area contributed by atoms with Crippen molar-refractivity contribution in [2.45, 2.75) is 148 Å². The molecule has 6 rings (SSSR count). The average molecular weight is 802 g/mol. The first-order valence-electron chi connectivity index (χ1n) is 19.3. The van der Waals surface area contributed by atoms with Crippen LogP contribution in [-0.2, 0) is 42.8 Å². The molecule has 4 N–H and O–H groups in total. The summed E-state index contributed by atoms with van der Waals surface area (Å²) in [6, 6.07) is 7.19. The predicted molar refractivity (Wildman–Crippen MR) is 197 cm³/mol. The molecule has 2 unspecified atom stereocenters. The van der Waals surface area contributed by atoms with E-state index in [-0.39, 0.29) is 42.3 Å². The van der Waals surface area contributed by atoms with Gasteiger partial charge in [0.2, 0.25) is 5.60 Å². The zero-order valence-corrected chi connectivity index (χ0v) is 34.0. The van der Waals surface area contributed by atoms with E-state index in [0.29, 0.717) is 0 Å². The van der Waals surface area contributed by atoms with Gasteiger partial charge in [-0.3, -0.25) is 9.59 Å². The summed E-state index contributed by atoms with van der Waals surface area (Å²) in [4.78, 5) is 68.7. The van der Waals surface area contributed by atoms with Gasteiger partial charge in [0, 0.05) is 18.8 Å². The van der Waals surface area contributed by atoms with E-state index in [4.69, 9.17) is 33.2 Å². The summed E-state index contributed by atoms with van der Waals surface area (Å²) in [7, 11) is 0. The topological polar surface area (TPSA) is 223 Å². The van der Waals surface area contributed by atoms with Gasteiger partial charge in [-0.25, -0.2) is 14.4 Å². The summed E-state index contributed by atoms with van der Waals surface area (Å²) < 4.78 is 42.6. The highest BCUT2D eigenvalue weighted by Crippen LogP contribution is 2.66. The molecule has 2 saturated carbocycles. The molecule has 57 heavy (non-hydrogen) atoms. The quantitative estimate of drug-likeness (QED) is 0.160. The first-order chi connectivity index (χ1) is 26.4. The van der Waals surface area contributed by atoms with Crippen LogP contribution in [0.3, 0.4) is 0 Å². The van der Waals surface area contributed by atoms with Gasteiger partial charge in [-0.2, -0.15) is 0 Å². The molecule has 1 aromatic rings. The van der Waals surface area contributed by atoms with Crippen molar-refractivity contribution in [2.75, 3.05) is 6.61 Å². The van der Waals surface area contributed by atoms with E-state index < -0.39 is 112 Å². The van der Waals surface area contributed by atoms with E-state index >= 15 is 4.79 Å². The second kappa shape index (κ2) is 14.5. The fourth-order valence-electron chi connectivity index (χ4n) is 10.0. The smallest absolute Gasteiger partial charge is 0.486 e. The molecule has 5 aliphatic rings. The molecule has 1 amide bonds. The molecule has 0 radical (unpaired) electrons. The first kappa shape index (κ1) is 42.4. The van der Waals surface area contributed by atoms with Gasteiger partial charge < -0.3 is 53.8 Å². The highest BCUT2D eigenvalue weighted by Gasteiger charge is 2.82. The molecule has 2 saturated heterocycles. The van der Waals surface area contributed by atoms with Crippen molar-refractivity contribution in [2.24, 2.45) is 22.7 Å². The number of carbonyl (C=O) groups is 5. The molecule has 2 bridgehead atoms. The number of carbonyl (C=O) groups excluding carboxylic acids is 5. The van der Waals surface area contributed by atoms with Crippen molar-refractivity contribution >= 4 is 30.0 Å². The zero-order valence-electron chi connectivity index (χ0n) is 34.0. The molecular weight excluding hydrogens is 746 g/mol. The maximum Gasteiger partial charge on any atom is 0.509 e. The summed E-state index contributed by atoms with van der Waals surface area (Å²) in [5, 5.41) is 38.4. The Bertz CT molecular complexity index is 1820. The monoisotopic (exact) mass is 801 g/mol. The van der Waals surface area contributed by atoms with Gasteiger partial charge in [0.25, 0.3) is 0 Å². The van der Waals surface area contributed by atoms with Gasteiger partial charge in [0.15, 0.2) is 35.8 Å². The number of amides is 1. The number of ether oxygens (including phenoxy) is 7. The average Bonchev–Trinajstić information content (AvgIpc) is 3.46. The lowest BCUT2D eigenvalue weighted by molar-refractivity contribution is -0.343. The Morgan fingerprint density at radius 1 is 1.05 bits per heavy atom. The highest BCUT2D eigenvalue weighted by molar-refractivity contribution is 5.94. The third kappa shape index (κ3) is 6.75. The van der Waals surface area contributed by atoms with E-state index in [1.807, 2.05) is 13.8 Å². The van der Waals surface area contributed by atoms with Crippen LogP contribution in [0.25, 0.3) is 0 Å². The number of para-hydroxylation sites is 1. The van der Waals surface area contributed by atoms with E-state index in [0.717, 1.165) is 0 Å². The summed E-state index contributed by atoms with van der Waals surface area (Å²) in [6.45, 7) is 15.8. The van der Waals surface area contributed by atoms with E-state index in [1.165, 1.54) is 20.8 Å². The van der Waals surface area contributed by atoms with Crippen molar-refractivity contribution < 1.29 is 72.5 Å². The molecule has 16 heteroatoms. The largest absolute Gasteiger partial charge is 0.509 e. The number of aliphatic hydroxyl groups excluding tert-OH is 3. The molecule has 12 atom stereocenters. The highest BCUT2D eigenvalue weighted by atomic mass is 16.8. The van der Waals surface area contributed by atoms with E-state index in [1.54, 1.807) is 65.0 Å². The Morgan fingerprint density at radius 2 is 1.70 bits per heavy atom. The maximum absolute atomic E-state index is 15.1. The fourth-order valence-corrected chi connectivity index (χ4v) is 10.0.